The Morgan fingerprint density at radius 3 is 1.58 bits per heavy atom. The van der Waals surface area contributed by atoms with E-state index in [1.54, 1.807) is 11.3 Å². The smallest absolute Gasteiger partial charge is 0.174 e. The molecule has 3 rings (SSSR count). The zero-order valence-electron chi connectivity index (χ0n) is 24.4. The van der Waals surface area contributed by atoms with Crippen LogP contribution in [0.3, 0.4) is 0 Å². The molecule has 2 aromatic heterocycles. The van der Waals surface area contributed by atoms with Gasteiger partial charge in [-0.1, -0.05) is 142 Å². The third kappa shape index (κ3) is 9.30. The Hall–Kier alpha value is -0.450. The first-order chi connectivity index (χ1) is 18.6. The zero-order valence-corrected chi connectivity index (χ0v) is 27.6. The lowest BCUT2D eigenvalue weighted by Gasteiger charge is -2.36. The Balaban J connectivity index is 1.53. The van der Waals surface area contributed by atoms with Gasteiger partial charge in [0.1, 0.15) is 0 Å². The molecule has 0 N–H and O–H groups in total. The van der Waals surface area contributed by atoms with Gasteiger partial charge in [-0.15, -0.1) is 22.7 Å². The fraction of sp³-hybridized carbons (Fsp3) is 0.735. The van der Waals surface area contributed by atoms with Gasteiger partial charge in [-0.05, 0) is 51.8 Å². The summed E-state index contributed by atoms with van der Waals surface area (Å²) in [5, 5.41) is 2.12. The van der Waals surface area contributed by atoms with Crippen molar-refractivity contribution in [3.05, 3.63) is 32.4 Å². The lowest BCUT2D eigenvalue weighted by molar-refractivity contribution is 0.0855. The first-order valence-corrected chi connectivity index (χ1v) is 18.6. The van der Waals surface area contributed by atoms with E-state index in [0.29, 0.717) is 5.78 Å². The highest BCUT2D eigenvalue weighted by molar-refractivity contribution is 9.11. The van der Waals surface area contributed by atoms with Gasteiger partial charge >= 0.3 is 0 Å². The Morgan fingerprint density at radius 2 is 1.11 bits per heavy atom. The minimum absolute atomic E-state index is 0.313. The molecule has 2 heterocycles. The lowest BCUT2D eigenvalue weighted by atomic mass is 9.65. The Kier molecular flexibility index (Phi) is 15.3. The van der Waals surface area contributed by atoms with Crippen LogP contribution in [0.15, 0.2) is 21.3 Å². The molecule has 38 heavy (non-hydrogen) atoms. The Morgan fingerprint density at radius 1 is 0.658 bits per heavy atom. The van der Waals surface area contributed by atoms with E-state index in [1.807, 2.05) is 11.3 Å². The van der Waals surface area contributed by atoms with Crippen molar-refractivity contribution in [2.45, 2.75) is 161 Å². The number of hydrogen-bond donors (Lipinski definition) is 0. The first kappa shape index (κ1) is 32.1. The number of Topliss-reactive ketones (excluding diaryl/α,β-unsaturated/α-hetero) is 1. The van der Waals surface area contributed by atoms with Crippen molar-refractivity contribution in [3.63, 3.8) is 0 Å². The van der Waals surface area contributed by atoms with Gasteiger partial charge in [0.2, 0.25) is 0 Å². The van der Waals surface area contributed by atoms with E-state index in [2.05, 4.69) is 47.3 Å². The van der Waals surface area contributed by atoms with Crippen molar-refractivity contribution in [1.82, 2.24) is 0 Å². The molecule has 0 bridgehead atoms. The van der Waals surface area contributed by atoms with Crippen molar-refractivity contribution in [2.24, 2.45) is 0 Å². The summed E-state index contributed by atoms with van der Waals surface area (Å²) in [5.74, 6) is 0.415. The van der Waals surface area contributed by atoms with Crippen LogP contribution in [0.5, 0.6) is 0 Å². The third-order valence-electron chi connectivity index (χ3n) is 8.68. The predicted octanol–water partition coefficient (Wildman–Crippen LogP) is 13.3. The van der Waals surface area contributed by atoms with Crippen molar-refractivity contribution in [1.29, 1.82) is 0 Å². The first-order valence-electron chi connectivity index (χ1n) is 16.1. The van der Waals surface area contributed by atoms with E-state index in [9.17, 15) is 4.79 Å². The standard InChI is InChI=1S/C34H53BrOS2/c1-3-5-7-9-11-13-15-17-19-21-24-34(25-22-20-18-16-14-12-10-8-6-4-2)29-27-30(35)38-32(29)31-28(33(34)36)23-26-37-31/h23,26-27H,3-22,24-25H2,1-2H3. The highest BCUT2D eigenvalue weighted by Crippen LogP contribution is 2.54. The van der Waals surface area contributed by atoms with E-state index in [1.165, 1.54) is 148 Å². The molecular formula is C34H53BrOS2. The van der Waals surface area contributed by atoms with Gasteiger partial charge in [-0.25, -0.2) is 0 Å². The molecule has 1 aliphatic carbocycles. The zero-order chi connectivity index (χ0) is 27.1. The average Bonchev–Trinajstić information content (AvgIpc) is 3.56. The monoisotopic (exact) mass is 620 g/mol. The lowest BCUT2D eigenvalue weighted by Crippen LogP contribution is -2.38. The minimum atomic E-state index is -0.313. The number of carbonyl (C=O) groups excluding carboxylic acids is 1. The molecule has 0 radical (unpaired) electrons. The van der Waals surface area contributed by atoms with Gasteiger partial charge in [0.15, 0.2) is 5.78 Å². The van der Waals surface area contributed by atoms with Gasteiger partial charge in [0, 0.05) is 5.56 Å². The number of hydrogen-bond acceptors (Lipinski definition) is 3. The highest BCUT2D eigenvalue weighted by atomic mass is 79.9. The Labute approximate surface area is 250 Å². The van der Waals surface area contributed by atoms with Crippen molar-refractivity contribution in [2.75, 3.05) is 0 Å². The van der Waals surface area contributed by atoms with Crippen LogP contribution >= 0.6 is 38.6 Å². The van der Waals surface area contributed by atoms with Crippen LogP contribution in [0.4, 0.5) is 0 Å². The second-order valence-corrected chi connectivity index (χ2v) is 15.1. The van der Waals surface area contributed by atoms with Crippen molar-refractivity contribution in [3.8, 4) is 9.75 Å². The fourth-order valence-corrected chi connectivity index (χ4v) is 9.15. The topological polar surface area (TPSA) is 17.1 Å². The number of unbranched alkanes of at least 4 members (excludes halogenated alkanes) is 18. The largest absolute Gasteiger partial charge is 0.293 e. The number of fused-ring (bicyclic) bond motifs is 3. The summed E-state index contributed by atoms with van der Waals surface area (Å²) in [6.07, 6.45) is 28.9. The van der Waals surface area contributed by atoms with Crippen LogP contribution in [0.2, 0.25) is 0 Å². The molecule has 0 amide bonds. The molecule has 0 saturated heterocycles. The van der Waals surface area contributed by atoms with Crippen LogP contribution in [0.1, 0.15) is 171 Å². The summed E-state index contributed by atoms with van der Waals surface area (Å²) < 4.78 is 1.17. The minimum Gasteiger partial charge on any atom is -0.293 e. The number of carbonyl (C=O) groups is 1. The molecule has 1 nitrogen and oxygen atoms in total. The predicted molar refractivity (Wildman–Crippen MR) is 174 cm³/mol. The number of rotatable bonds is 22. The molecule has 0 unspecified atom stereocenters. The van der Waals surface area contributed by atoms with Crippen molar-refractivity contribution < 1.29 is 4.79 Å². The summed E-state index contributed by atoms with van der Waals surface area (Å²) in [5.41, 5.74) is 2.02. The molecular weight excluding hydrogens is 568 g/mol. The molecule has 0 spiro atoms. The maximum Gasteiger partial charge on any atom is 0.174 e. The second kappa shape index (κ2) is 18.1. The maximum absolute atomic E-state index is 14.2. The van der Waals surface area contributed by atoms with E-state index in [4.69, 9.17) is 0 Å². The van der Waals surface area contributed by atoms with Gasteiger partial charge in [0.25, 0.3) is 0 Å². The quantitative estimate of drug-likeness (QED) is 0.120. The van der Waals surface area contributed by atoms with Crippen molar-refractivity contribution >= 4 is 44.4 Å². The summed E-state index contributed by atoms with van der Waals surface area (Å²) in [6, 6.07) is 4.40. The van der Waals surface area contributed by atoms with Crippen LogP contribution in [0.25, 0.3) is 9.75 Å². The fourth-order valence-electron chi connectivity index (χ4n) is 6.38. The van der Waals surface area contributed by atoms with Crippen LogP contribution < -0.4 is 0 Å². The van der Waals surface area contributed by atoms with Gasteiger partial charge in [-0.2, -0.15) is 0 Å². The van der Waals surface area contributed by atoms with Gasteiger partial charge < -0.3 is 0 Å². The molecule has 0 fully saturated rings. The molecule has 0 atom stereocenters. The number of ketones is 1. The normalized spacial score (nSPS) is 14.1. The van der Waals surface area contributed by atoms with Crippen LogP contribution in [0, 0.1) is 0 Å². The molecule has 0 aromatic carbocycles. The molecule has 4 heteroatoms. The molecule has 2 aromatic rings. The summed E-state index contributed by atoms with van der Waals surface area (Å²) >= 11 is 7.36. The van der Waals surface area contributed by atoms with E-state index in [-0.39, 0.29) is 5.41 Å². The SMILES string of the molecule is CCCCCCCCCCCCC1(CCCCCCCCCCCC)C(=O)c2ccsc2-c2sc(Br)cc21. The molecule has 0 aliphatic heterocycles. The number of thiophene rings is 2. The van der Waals surface area contributed by atoms with E-state index >= 15 is 0 Å². The second-order valence-electron chi connectivity index (χ2n) is 11.7. The highest BCUT2D eigenvalue weighted by Gasteiger charge is 2.46. The van der Waals surface area contributed by atoms with Crippen LogP contribution in [-0.4, -0.2) is 5.78 Å². The average molecular weight is 622 g/mol. The summed E-state index contributed by atoms with van der Waals surface area (Å²) in [7, 11) is 0. The Bertz CT molecular complexity index is 903. The van der Waals surface area contributed by atoms with Gasteiger partial charge in [-0.3, -0.25) is 4.79 Å². The summed E-state index contributed by atoms with van der Waals surface area (Å²) in [6.45, 7) is 4.58. The number of halogens is 1. The molecule has 0 saturated carbocycles. The van der Waals surface area contributed by atoms with Gasteiger partial charge in [0.05, 0.1) is 19.0 Å². The maximum atomic E-state index is 14.2. The summed E-state index contributed by atoms with van der Waals surface area (Å²) in [4.78, 5) is 16.7. The van der Waals surface area contributed by atoms with E-state index in [0.717, 1.165) is 18.4 Å². The third-order valence-corrected chi connectivity index (χ3v) is 11.4. The molecule has 214 valence electrons. The van der Waals surface area contributed by atoms with Crippen LogP contribution in [-0.2, 0) is 5.41 Å². The molecule has 1 aliphatic rings. The van der Waals surface area contributed by atoms with E-state index < -0.39 is 0 Å².